The van der Waals surface area contributed by atoms with Crippen LogP contribution in [-0.4, -0.2) is 35.3 Å². The van der Waals surface area contributed by atoms with Gasteiger partial charge in [-0.1, -0.05) is 18.2 Å². The van der Waals surface area contributed by atoms with E-state index in [-0.39, 0.29) is 10.3 Å². The van der Waals surface area contributed by atoms with Crippen LogP contribution in [0.25, 0.3) is 11.1 Å². The predicted octanol–water partition coefficient (Wildman–Crippen LogP) is 3.82. The van der Waals surface area contributed by atoms with Crippen molar-refractivity contribution in [1.82, 2.24) is 4.98 Å². The van der Waals surface area contributed by atoms with E-state index in [1.165, 1.54) is 6.07 Å². The average molecular weight is 420 g/mol. The van der Waals surface area contributed by atoms with Crippen molar-refractivity contribution in [2.24, 2.45) is 0 Å². The summed E-state index contributed by atoms with van der Waals surface area (Å²) in [5.74, 6) is 0.613. The number of hydrogen-bond acceptors (Lipinski definition) is 6. The van der Waals surface area contributed by atoms with Gasteiger partial charge in [-0.25, -0.2) is 0 Å². The Morgan fingerprint density at radius 2 is 1.93 bits per heavy atom. The summed E-state index contributed by atoms with van der Waals surface area (Å²) in [6.07, 6.45) is 3.79. The lowest BCUT2D eigenvalue weighted by Gasteiger charge is -2.20. The first-order chi connectivity index (χ1) is 13.3. The van der Waals surface area contributed by atoms with Crippen molar-refractivity contribution in [2.45, 2.75) is 36.2 Å². The molecule has 2 aromatic heterocycles. The highest BCUT2D eigenvalue weighted by molar-refractivity contribution is 7.88. The Bertz CT molecular complexity index is 1000. The Balaban J connectivity index is 1.58. The van der Waals surface area contributed by atoms with Gasteiger partial charge in [-0.05, 0) is 60.7 Å². The second kappa shape index (κ2) is 8.83. The summed E-state index contributed by atoms with van der Waals surface area (Å²) in [6.45, 7) is 1.82. The van der Waals surface area contributed by atoms with Crippen molar-refractivity contribution in [1.29, 1.82) is 0 Å². The van der Waals surface area contributed by atoms with E-state index in [1.54, 1.807) is 42.0 Å². The molecule has 2 atom stereocenters. The average Bonchev–Trinajstić information content (AvgIpc) is 3.18. The van der Waals surface area contributed by atoms with E-state index in [4.69, 9.17) is 9.29 Å². The molecule has 0 amide bonds. The smallest absolute Gasteiger partial charge is 0.304 e. The van der Waals surface area contributed by atoms with E-state index in [9.17, 15) is 13.5 Å². The molecule has 0 bridgehead atoms. The van der Waals surface area contributed by atoms with Gasteiger partial charge in [0.25, 0.3) is 0 Å². The molecule has 0 aliphatic rings. The number of nitrogens with zero attached hydrogens (tertiary/aromatic N) is 1. The number of hydrogen-bond donors (Lipinski definition) is 2. The molecular formula is C20H21NO5S2. The van der Waals surface area contributed by atoms with Gasteiger partial charge in [-0.2, -0.15) is 8.42 Å². The molecule has 0 aliphatic heterocycles. The van der Waals surface area contributed by atoms with Crippen molar-refractivity contribution >= 4 is 21.5 Å². The lowest BCUT2D eigenvalue weighted by atomic mass is 10.1. The van der Waals surface area contributed by atoms with Gasteiger partial charge in [0.15, 0.2) is 0 Å². The number of aliphatic hydroxyl groups is 1. The van der Waals surface area contributed by atoms with Crippen LogP contribution in [0.2, 0.25) is 0 Å². The Morgan fingerprint density at radius 1 is 1.18 bits per heavy atom. The maximum absolute atomic E-state index is 11.2. The molecule has 148 valence electrons. The fraction of sp³-hybridized carbons (Fsp3) is 0.250. The minimum absolute atomic E-state index is 0.0896. The molecule has 0 saturated heterocycles. The van der Waals surface area contributed by atoms with Gasteiger partial charge in [-0.3, -0.25) is 9.54 Å². The maximum Gasteiger partial charge on any atom is 0.304 e. The van der Waals surface area contributed by atoms with Gasteiger partial charge < -0.3 is 9.84 Å². The van der Waals surface area contributed by atoms with Crippen molar-refractivity contribution < 1.29 is 22.8 Å². The summed E-state index contributed by atoms with van der Waals surface area (Å²) in [5, 5.41) is 12.0. The quantitative estimate of drug-likeness (QED) is 0.539. The number of benzene rings is 1. The van der Waals surface area contributed by atoms with Crippen LogP contribution in [0.3, 0.4) is 0 Å². The second-order valence-electron chi connectivity index (χ2n) is 6.44. The Kier molecular flexibility index (Phi) is 6.46. The summed E-state index contributed by atoms with van der Waals surface area (Å²) in [6, 6.07) is 12.4. The second-order valence-corrected chi connectivity index (χ2v) is 9.00. The van der Waals surface area contributed by atoms with Gasteiger partial charge in [0.1, 0.15) is 16.1 Å². The van der Waals surface area contributed by atoms with E-state index in [2.05, 4.69) is 4.98 Å². The molecule has 3 rings (SSSR count). The van der Waals surface area contributed by atoms with Crippen LogP contribution in [0.15, 0.2) is 64.4 Å². The highest BCUT2D eigenvalue weighted by atomic mass is 32.3. The highest BCUT2D eigenvalue weighted by Gasteiger charge is 2.17. The summed E-state index contributed by atoms with van der Waals surface area (Å²) in [4.78, 5) is 4.06. The van der Waals surface area contributed by atoms with Crippen molar-refractivity contribution in [3.63, 3.8) is 0 Å². The van der Waals surface area contributed by atoms with Crippen molar-refractivity contribution in [2.75, 3.05) is 0 Å². The molecule has 2 unspecified atom stereocenters. The lowest BCUT2D eigenvalue weighted by Crippen LogP contribution is -2.29. The number of aromatic nitrogens is 1. The Hall–Kier alpha value is -2.26. The van der Waals surface area contributed by atoms with E-state index in [0.717, 1.165) is 28.9 Å². The molecule has 6 nitrogen and oxygen atoms in total. The Morgan fingerprint density at radius 3 is 2.54 bits per heavy atom. The first kappa shape index (κ1) is 20.5. The molecule has 0 fully saturated rings. The number of pyridine rings is 1. The van der Waals surface area contributed by atoms with Crippen LogP contribution < -0.4 is 4.74 Å². The van der Waals surface area contributed by atoms with Gasteiger partial charge in [0.05, 0.1) is 6.10 Å². The first-order valence-corrected chi connectivity index (χ1v) is 11.0. The topological polar surface area (TPSA) is 96.7 Å². The number of ether oxygens (including phenoxy) is 1. The number of rotatable bonds is 8. The molecule has 1 aromatic carbocycles. The largest absolute Gasteiger partial charge is 0.488 e. The SMILES string of the molecule is CC(Oc1ccc(-c2csc(S(=O)(=O)O)c2)cc1)C(O)CCc1cccnc1. The maximum atomic E-state index is 11.2. The number of aliphatic hydroxyl groups excluding tert-OH is 1. The Labute approximate surface area is 168 Å². The molecule has 2 N–H and O–H groups in total. The zero-order valence-corrected chi connectivity index (χ0v) is 16.9. The molecule has 0 radical (unpaired) electrons. The van der Waals surface area contributed by atoms with E-state index in [1.807, 2.05) is 19.1 Å². The summed E-state index contributed by atoms with van der Waals surface area (Å²) in [7, 11) is -4.19. The lowest BCUT2D eigenvalue weighted by molar-refractivity contribution is 0.0420. The third-order valence-electron chi connectivity index (χ3n) is 4.33. The normalized spacial score (nSPS) is 13.8. The molecule has 0 spiro atoms. The molecule has 8 heteroatoms. The monoisotopic (exact) mass is 419 g/mol. The predicted molar refractivity (Wildman–Crippen MR) is 108 cm³/mol. The summed E-state index contributed by atoms with van der Waals surface area (Å²) < 4.78 is 37.2. The minimum atomic E-state index is -4.19. The van der Waals surface area contributed by atoms with Gasteiger partial charge >= 0.3 is 10.1 Å². The van der Waals surface area contributed by atoms with E-state index in [0.29, 0.717) is 17.7 Å². The molecule has 0 aliphatic carbocycles. The number of thiophene rings is 1. The standard InChI is InChI=1S/C20H21NO5S2/c1-14(19(22)9-4-15-3-2-10-21-12-15)26-18-7-5-16(6-8-18)17-11-20(27-13-17)28(23,24)25/h2-3,5-8,10-14,19,22H,4,9H2,1H3,(H,23,24,25). The molecule has 2 heterocycles. The molecule has 3 aromatic rings. The third kappa shape index (κ3) is 5.39. The van der Waals surface area contributed by atoms with Gasteiger partial charge in [-0.15, -0.1) is 11.3 Å². The van der Waals surface area contributed by atoms with Crippen LogP contribution in [0.4, 0.5) is 0 Å². The van der Waals surface area contributed by atoms with E-state index >= 15 is 0 Å². The van der Waals surface area contributed by atoms with Crippen molar-refractivity contribution in [3.05, 3.63) is 65.8 Å². The molecule has 28 heavy (non-hydrogen) atoms. The zero-order chi connectivity index (χ0) is 20.1. The van der Waals surface area contributed by atoms with Crippen LogP contribution in [-0.2, 0) is 16.5 Å². The highest BCUT2D eigenvalue weighted by Crippen LogP contribution is 2.29. The fourth-order valence-corrected chi connectivity index (χ4v) is 4.27. The minimum Gasteiger partial charge on any atom is -0.488 e. The van der Waals surface area contributed by atoms with Crippen molar-refractivity contribution in [3.8, 4) is 16.9 Å². The summed E-state index contributed by atoms with van der Waals surface area (Å²) in [5.41, 5.74) is 2.58. The molecule has 0 saturated carbocycles. The number of aryl methyl sites for hydroxylation is 1. The van der Waals surface area contributed by atoms with Gasteiger partial charge in [0, 0.05) is 17.8 Å². The van der Waals surface area contributed by atoms with Crippen LogP contribution in [0.1, 0.15) is 18.9 Å². The van der Waals surface area contributed by atoms with Crippen LogP contribution >= 0.6 is 11.3 Å². The third-order valence-corrected chi connectivity index (χ3v) is 6.60. The molecular weight excluding hydrogens is 398 g/mol. The first-order valence-electron chi connectivity index (χ1n) is 8.73. The van der Waals surface area contributed by atoms with Crippen LogP contribution in [0, 0.1) is 0 Å². The van der Waals surface area contributed by atoms with Gasteiger partial charge in [0.2, 0.25) is 0 Å². The zero-order valence-electron chi connectivity index (χ0n) is 15.2. The summed E-state index contributed by atoms with van der Waals surface area (Å²) >= 11 is 0.967. The van der Waals surface area contributed by atoms with Crippen LogP contribution in [0.5, 0.6) is 5.75 Å². The fourth-order valence-electron chi connectivity index (χ4n) is 2.72. The van der Waals surface area contributed by atoms with E-state index < -0.39 is 16.2 Å².